The zero-order chi connectivity index (χ0) is 36.7. The highest BCUT2D eigenvalue weighted by Crippen LogP contribution is 2.42. The molecule has 1 aromatic heterocycles. The summed E-state index contributed by atoms with van der Waals surface area (Å²) in [6.07, 6.45) is 0. The van der Waals surface area contributed by atoms with Gasteiger partial charge in [-0.25, -0.2) is 0 Å². The third-order valence-electron chi connectivity index (χ3n) is 10.5. The van der Waals surface area contributed by atoms with Crippen molar-refractivity contribution < 1.29 is 4.42 Å². The molecule has 0 fully saturated rings. The van der Waals surface area contributed by atoms with Crippen molar-refractivity contribution in [3.8, 4) is 44.5 Å². The fraction of sp³-hybridized carbons (Fsp3) is 0. The molecule has 16 radical (unpaired) electrons. The van der Waals surface area contributed by atoms with E-state index in [9.17, 15) is 0 Å². The predicted molar refractivity (Wildman–Crippen MR) is 234 cm³/mol. The number of fused-ring (bicyclic) bond motifs is 5. The smallest absolute Gasteiger partial charge is 0.135 e. The molecule has 9 aromatic rings. The molecule has 0 atom stereocenters. The summed E-state index contributed by atoms with van der Waals surface area (Å²) in [7, 11) is 54.0. The lowest BCUT2D eigenvalue weighted by Crippen LogP contribution is -2.50. The van der Waals surface area contributed by atoms with Crippen molar-refractivity contribution in [1.82, 2.24) is 0 Å². The van der Waals surface area contributed by atoms with Crippen molar-refractivity contribution in [3.05, 3.63) is 121 Å². The van der Waals surface area contributed by atoms with Gasteiger partial charge in [0.05, 0.1) is 0 Å². The molecule has 53 heavy (non-hydrogen) atoms. The second-order valence-electron chi connectivity index (χ2n) is 13.4. The lowest BCUT2D eigenvalue weighted by atomic mass is 9.59. The van der Waals surface area contributed by atoms with E-state index in [0.29, 0.717) is 32.7 Å². The maximum absolute atomic E-state index is 6.93. The van der Waals surface area contributed by atoms with Gasteiger partial charge in [-0.3, -0.25) is 0 Å². The van der Waals surface area contributed by atoms with Crippen molar-refractivity contribution in [2.75, 3.05) is 0 Å². The van der Waals surface area contributed by atoms with Crippen LogP contribution in [0.5, 0.6) is 0 Å². The molecule has 0 aliphatic carbocycles. The monoisotopic (exact) mass is 652 g/mol. The van der Waals surface area contributed by atoms with E-state index in [2.05, 4.69) is 24.3 Å². The molecular weight excluding hydrogens is 631 g/mol. The molecule has 0 unspecified atom stereocenters. The van der Waals surface area contributed by atoms with Gasteiger partial charge in [0, 0.05) is 10.8 Å². The van der Waals surface area contributed by atoms with Gasteiger partial charge in [-0.05, 0) is 84.3 Å². The normalized spacial score (nSPS) is 11.6. The van der Waals surface area contributed by atoms with Crippen LogP contribution in [0, 0.1) is 0 Å². The minimum atomic E-state index is 0.174. The van der Waals surface area contributed by atoms with Gasteiger partial charge in [0.15, 0.2) is 0 Å². The van der Waals surface area contributed by atoms with E-state index in [0.717, 1.165) is 55.3 Å². The van der Waals surface area contributed by atoms with Gasteiger partial charge in [-0.1, -0.05) is 125 Å². The average Bonchev–Trinajstić information content (AvgIpc) is 3.58. The summed E-state index contributed by atoms with van der Waals surface area (Å²) in [6.45, 7) is 0. The summed E-state index contributed by atoms with van der Waals surface area (Å²) < 4.78 is 6.06. The molecule has 0 saturated carbocycles. The summed E-state index contributed by atoms with van der Waals surface area (Å²) in [6, 6.07) is 40.5. The minimum Gasteiger partial charge on any atom is -0.456 e. The van der Waals surface area contributed by atoms with E-state index >= 15 is 0 Å². The van der Waals surface area contributed by atoms with Gasteiger partial charge in [-0.15, -0.1) is 21.9 Å². The van der Waals surface area contributed by atoms with E-state index in [1.165, 1.54) is 0 Å². The third kappa shape index (κ3) is 5.12. The van der Waals surface area contributed by atoms with Gasteiger partial charge < -0.3 is 4.42 Å². The van der Waals surface area contributed by atoms with Gasteiger partial charge in [0.25, 0.3) is 0 Å². The minimum absolute atomic E-state index is 0.174. The Bertz CT molecular complexity index is 2870. The summed E-state index contributed by atoms with van der Waals surface area (Å²) in [5.74, 6) is 0. The maximum Gasteiger partial charge on any atom is 0.135 e. The second kappa shape index (κ2) is 12.6. The molecular formula is C44H20B8O. The average molecular weight is 651 g/mol. The first kappa shape index (κ1) is 33.4. The molecule has 8 aromatic carbocycles. The van der Waals surface area contributed by atoms with Crippen molar-refractivity contribution in [2.45, 2.75) is 0 Å². The number of hydrogen-bond donors (Lipinski definition) is 0. The molecule has 0 aliphatic rings. The molecule has 0 amide bonds. The fourth-order valence-electron chi connectivity index (χ4n) is 7.72. The number of benzene rings is 8. The van der Waals surface area contributed by atoms with E-state index in [4.69, 9.17) is 67.2 Å². The van der Waals surface area contributed by atoms with Crippen LogP contribution in [0.25, 0.3) is 88.0 Å². The lowest BCUT2D eigenvalue weighted by molar-refractivity contribution is 0.669. The first-order chi connectivity index (χ1) is 25.6. The number of rotatable bonds is 4. The zero-order valence-electron chi connectivity index (χ0n) is 28.6. The Kier molecular flexibility index (Phi) is 7.97. The van der Waals surface area contributed by atoms with E-state index in [-0.39, 0.29) is 43.7 Å². The number of hydrogen-bond acceptors (Lipinski definition) is 1. The molecule has 0 bridgehead atoms. The predicted octanol–water partition coefficient (Wildman–Crippen LogP) is 2.91. The largest absolute Gasteiger partial charge is 0.456 e. The Morgan fingerprint density at radius 3 is 1.13 bits per heavy atom. The van der Waals surface area contributed by atoms with Crippen LogP contribution in [-0.2, 0) is 0 Å². The van der Waals surface area contributed by atoms with Gasteiger partial charge in [0.1, 0.15) is 73.9 Å². The summed E-state index contributed by atoms with van der Waals surface area (Å²) >= 11 is 0. The maximum atomic E-state index is 6.93. The van der Waals surface area contributed by atoms with Gasteiger partial charge in [-0.2, -0.15) is 0 Å². The number of furan rings is 1. The molecule has 1 nitrogen and oxygen atoms in total. The van der Waals surface area contributed by atoms with Crippen LogP contribution in [-0.4, -0.2) is 62.8 Å². The van der Waals surface area contributed by atoms with Crippen LogP contribution in [0.2, 0.25) is 0 Å². The Morgan fingerprint density at radius 2 is 0.642 bits per heavy atom. The van der Waals surface area contributed by atoms with Crippen molar-refractivity contribution in [1.29, 1.82) is 0 Å². The highest BCUT2D eigenvalue weighted by Gasteiger charge is 2.24. The summed E-state index contributed by atoms with van der Waals surface area (Å²) in [4.78, 5) is 0. The zero-order valence-corrected chi connectivity index (χ0v) is 28.6. The lowest BCUT2D eigenvalue weighted by Gasteiger charge is -2.28. The molecule has 0 N–H and O–H groups in total. The highest BCUT2D eigenvalue weighted by atomic mass is 16.3. The second-order valence-corrected chi connectivity index (χ2v) is 13.4. The van der Waals surface area contributed by atoms with E-state index in [1.807, 2.05) is 97.1 Å². The quantitative estimate of drug-likeness (QED) is 0.211. The molecule has 9 heteroatoms. The van der Waals surface area contributed by atoms with E-state index < -0.39 is 0 Å². The molecule has 0 aliphatic heterocycles. The van der Waals surface area contributed by atoms with Crippen molar-refractivity contribution in [2.24, 2.45) is 0 Å². The van der Waals surface area contributed by atoms with Crippen LogP contribution in [0.3, 0.4) is 0 Å². The molecule has 1 heterocycles. The van der Waals surface area contributed by atoms with Gasteiger partial charge >= 0.3 is 0 Å². The fourth-order valence-corrected chi connectivity index (χ4v) is 7.72. The van der Waals surface area contributed by atoms with Crippen LogP contribution in [0.1, 0.15) is 0 Å². The Hall–Kier alpha value is -5.40. The van der Waals surface area contributed by atoms with Crippen LogP contribution in [0.15, 0.2) is 126 Å². The first-order valence-electron chi connectivity index (χ1n) is 17.1. The van der Waals surface area contributed by atoms with Crippen molar-refractivity contribution >= 4 is 150 Å². The van der Waals surface area contributed by atoms with Crippen LogP contribution < -0.4 is 43.7 Å². The Labute approximate surface area is 318 Å². The van der Waals surface area contributed by atoms with Gasteiger partial charge in [0.2, 0.25) is 0 Å². The Morgan fingerprint density at radius 1 is 0.283 bits per heavy atom. The summed E-state index contributed by atoms with van der Waals surface area (Å²) in [5, 5.41) is 4.43. The SMILES string of the molecule is [B]c1c([B])c([B])c2c(-c3ccc(-c4ccc5oc6ccccc6c5c4)cc3)c3c([B])c([B])c([B])c([B])c3c(-c3ccc(-c4ccccc4)cc3)c2c1[B]. The molecule has 0 saturated heterocycles. The molecule has 0 spiro atoms. The molecule has 9 rings (SSSR count). The van der Waals surface area contributed by atoms with Crippen LogP contribution >= 0.6 is 0 Å². The topological polar surface area (TPSA) is 13.1 Å². The number of para-hydroxylation sites is 1. The third-order valence-corrected chi connectivity index (χ3v) is 10.5. The first-order valence-corrected chi connectivity index (χ1v) is 17.1. The molecule has 226 valence electrons. The van der Waals surface area contributed by atoms with Crippen LogP contribution in [0.4, 0.5) is 0 Å². The van der Waals surface area contributed by atoms with Crippen molar-refractivity contribution in [3.63, 3.8) is 0 Å². The van der Waals surface area contributed by atoms with E-state index in [1.54, 1.807) is 0 Å². The summed E-state index contributed by atoms with van der Waals surface area (Å²) in [5.41, 5.74) is 10.5. The highest BCUT2D eigenvalue weighted by molar-refractivity contribution is 6.71. The Balaban J connectivity index is 1.33. The standard InChI is InChI=1S/C44H20B8O/c45-37-33-31(24-14-10-22(11-15-24)21-6-2-1-3-7-21)34-36(40(48)44(52)42(50)38(34)46)32(35(33)39(47)43(51)41(37)49)25-16-12-23(13-17-25)26-18-19-30-28(20-26)27-8-4-5-9-29(27)53-30/h1-20H.